The highest BCUT2D eigenvalue weighted by Gasteiger charge is 2.17. The fraction of sp³-hybridized carbons (Fsp3) is 0.500. The van der Waals surface area contributed by atoms with Crippen molar-refractivity contribution in [3.8, 4) is 0 Å². The minimum atomic E-state index is -0.394. The van der Waals surface area contributed by atoms with Crippen molar-refractivity contribution in [3.63, 3.8) is 0 Å². The molecule has 1 heterocycles. The van der Waals surface area contributed by atoms with Gasteiger partial charge in [0, 0.05) is 6.04 Å². The van der Waals surface area contributed by atoms with Crippen LogP contribution in [0.1, 0.15) is 19.3 Å². The summed E-state index contributed by atoms with van der Waals surface area (Å²) in [6.45, 7) is 0. The van der Waals surface area contributed by atoms with Crippen LogP contribution in [0.15, 0.2) is 12.4 Å². The van der Waals surface area contributed by atoms with Crippen molar-refractivity contribution in [2.75, 3.05) is 5.32 Å². The smallest absolute Gasteiger partial charge is 0.222 e. The molecule has 0 aliphatic heterocycles. The monoisotopic (exact) mass is 167 g/mol. The lowest BCUT2D eigenvalue weighted by molar-refractivity contribution is 0.442. The highest BCUT2D eigenvalue weighted by molar-refractivity contribution is 5.25. The van der Waals surface area contributed by atoms with Crippen LogP contribution in [-0.2, 0) is 0 Å². The van der Waals surface area contributed by atoms with Gasteiger partial charge in [-0.05, 0) is 19.3 Å². The van der Waals surface area contributed by atoms with E-state index in [0.717, 1.165) is 0 Å². The lowest BCUT2D eigenvalue weighted by atomic mass is 9.93. The van der Waals surface area contributed by atoms with Gasteiger partial charge in [-0.15, -0.1) is 0 Å². The van der Waals surface area contributed by atoms with Gasteiger partial charge < -0.3 is 5.32 Å². The first-order valence-electron chi connectivity index (χ1n) is 4.09. The summed E-state index contributed by atoms with van der Waals surface area (Å²) in [6, 6.07) is 0.496. The van der Waals surface area contributed by atoms with E-state index in [2.05, 4.69) is 15.3 Å². The third kappa shape index (κ3) is 1.52. The molecule has 0 bridgehead atoms. The Hall–Kier alpha value is -1.19. The SMILES string of the molecule is Fc1cnc(NC2CCC2)nc1. The summed E-state index contributed by atoms with van der Waals surface area (Å²) in [6.07, 6.45) is 5.95. The molecule has 0 radical (unpaired) electrons. The van der Waals surface area contributed by atoms with Crippen LogP contribution in [0.4, 0.5) is 10.3 Å². The zero-order chi connectivity index (χ0) is 8.39. The van der Waals surface area contributed by atoms with Gasteiger partial charge in [0.25, 0.3) is 0 Å². The van der Waals surface area contributed by atoms with E-state index in [4.69, 9.17) is 0 Å². The van der Waals surface area contributed by atoms with Gasteiger partial charge >= 0.3 is 0 Å². The van der Waals surface area contributed by atoms with E-state index in [1.165, 1.54) is 31.7 Å². The summed E-state index contributed by atoms with van der Waals surface area (Å²) in [5.41, 5.74) is 0. The Morgan fingerprint density at radius 2 is 2.00 bits per heavy atom. The van der Waals surface area contributed by atoms with E-state index in [1.807, 2.05) is 0 Å². The molecule has 1 aliphatic carbocycles. The molecule has 12 heavy (non-hydrogen) atoms. The van der Waals surface area contributed by atoms with Gasteiger partial charge in [-0.25, -0.2) is 14.4 Å². The second-order valence-electron chi connectivity index (χ2n) is 3.00. The van der Waals surface area contributed by atoms with Gasteiger partial charge in [0.1, 0.15) is 0 Å². The maximum Gasteiger partial charge on any atom is 0.222 e. The summed E-state index contributed by atoms with van der Waals surface area (Å²) in [4.78, 5) is 7.61. The van der Waals surface area contributed by atoms with E-state index in [-0.39, 0.29) is 0 Å². The number of hydrogen-bond acceptors (Lipinski definition) is 3. The van der Waals surface area contributed by atoms with Crippen LogP contribution in [0, 0.1) is 5.82 Å². The topological polar surface area (TPSA) is 37.8 Å². The lowest BCUT2D eigenvalue weighted by Gasteiger charge is -2.26. The van der Waals surface area contributed by atoms with E-state index in [9.17, 15) is 4.39 Å². The average molecular weight is 167 g/mol. The Morgan fingerprint density at radius 3 is 2.50 bits per heavy atom. The van der Waals surface area contributed by atoms with Crippen LogP contribution in [0.3, 0.4) is 0 Å². The second kappa shape index (κ2) is 3.05. The predicted octanol–water partition coefficient (Wildman–Crippen LogP) is 1.58. The Bertz CT molecular complexity index is 256. The number of anilines is 1. The fourth-order valence-corrected chi connectivity index (χ4v) is 1.12. The van der Waals surface area contributed by atoms with Crippen molar-refractivity contribution < 1.29 is 4.39 Å². The molecule has 0 spiro atoms. The maximum absolute atomic E-state index is 12.4. The zero-order valence-electron chi connectivity index (χ0n) is 6.63. The molecule has 0 atom stereocenters. The van der Waals surface area contributed by atoms with E-state index in [0.29, 0.717) is 12.0 Å². The molecule has 1 saturated carbocycles. The summed E-state index contributed by atoms with van der Waals surface area (Å²) in [7, 11) is 0. The standard InChI is InChI=1S/C8H10FN3/c9-6-4-10-8(11-5-6)12-7-2-1-3-7/h4-5,7H,1-3H2,(H,10,11,12). The number of rotatable bonds is 2. The molecule has 1 aromatic rings. The van der Waals surface area contributed by atoms with Gasteiger partial charge in [0.15, 0.2) is 5.82 Å². The molecule has 3 nitrogen and oxygen atoms in total. The normalized spacial score (nSPS) is 17.1. The van der Waals surface area contributed by atoms with Crippen molar-refractivity contribution in [1.82, 2.24) is 9.97 Å². The fourth-order valence-electron chi connectivity index (χ4n) is 1.12. The quantitative estimate of drug-likeness (QED) is 0.726. The molecule has 0 amide bonds. The Kier molecular flexibility index (Phi) is 1.89. The lowest BCUT2D eigenvalue weighted by Crippen LogP contribution is -2.27. The minimum Gasteiger partial charge on any atom is -0.351 e. The molecule has 1 aromatic heterocycles. The molecule has 1 aliphatic rings. The molecular weight excluding hydrogens is 157 g/mol. The highest BCUT2D eigenvalue weighted by atomic mass is 19.1. The third-order valence-electron chi connectivity index (χ3n) is 2.06. The molecule has 1 fully saturated rings. The molecular formula is C8H10FN3. The number of aromatic nitrogens is 2. The van der Waals surface area contributed by atoms with Crippen molar-refractivity contribution in [1.29, 1.82) is 0 Å². The highest BCUT2D eigenvalue weighted by Crippen LogP contribution is 2.21. The molecule has 2 rings (SSSR count). The van der Waals surface area contributed by atoms with Gasteiger partial charge in [-0.3, -0.25) is 0 Å². The van der Waals surface area contributed by atoms with Gasteiger partial charge in [0.2, 0.25) is 5.95 Å². The predicted molar refractivity (Wildman–Crippen MR) is 43.3 cm³/mol. The average Bonchev–Trinajstić information content (AvgIpc) is 2.00. The van der Waals surface area contributed by atoms with Crippen LogP contribution >= 0.6 is 0 Å². The van der Waals surface area contributed by atoms with Crippen LogP contribution in [0.25, 0.3) is 0 Å². The van der Waals surface area contributed by atoms with Crippen molar-refractivity contribution >= 4 is 5.95 Å². The zero-order valence-corrected chi connectivity index (χ0v) is 6.63. The molecule has 0 saturated heterocycles. The molecule has 1 N–H and O–H groups in total. The van der Waals surface area contributed by atoms with Gasteiger partial charge in [0.05, 0.1) is 12.4 Å². The number of nitrogens with one attached hydrogen (secondary N) is 1. The summed E-state index contributed by atoms with van der Waals surface area (Å²) < 4.78 is 12.4. The number of halogens is 1. The Labute approximate surface area is 70.0 Å². The number of nitrogens with zero attached hydrogens (tertiary/aromatic N) is 2. The van der Waals surface area contributed by atoms with Gasteiger partial charge in [-0.2, -0.15) is 0 Å². The number of hydrogen-bond donors (Lipinski definition) is 1. The first-order chi connectivity index (χ1) is 5.84. The molecule has 64 valence electrons. The molecule has 0 unspecified atom stereocenters. The Morgan fingerprint density at radius 1 is 1.33 bits per heavy atom. The van der Waals surface area contributed by atoms with Crippen LogP contribution in [0.5, 0.6) is 0 Å². The molecule has 0 aromatic carbocycles. The van der Waals surface area contributed by atoms with Crippen molar-refractivity contribution in [3.05, 3.63) is 18.2 Å². The van der Waals surface area contributed by atoms with E-state index >= 15 is 0 Å². The van der Waals surface area contributed by atoms with Gasteiger partial charge in [-0.1, -0.05) is 0 Å². The first-order valence-corrected chi connectivity index (χ1v) is 4.09. The summed E-state index contributed by atoms with van der Waals surface area (Å²) in [5.74, 6) is 0.134. The third-order valence-corrected chi connectivity index (χ3v) is 2.06. The maximum atomic E-state index is 12.4. The second-order valence-corrected chi connectivity index (χ2v) is 3.00. The van der Waals surface area contributed by atoms with E-state index in [1.54, 1.807) is 0 Å². The van der Waals surface area contributed by atoms with Crippen molar-refractivity contribution in [2.24, 2.45) is 0 Å². The largest absolute Gasteiger partial charge is 0.351 e. The first kappa shape index (κ1) is 7.46. The summed E-state index contributed by atoms with van der Waals surface area (Å²) in [5, 5.41) is 3.12. The van der Waals surface area contributed by atoms with Crippen LogP contribution < -0.4 is 5.32 Å². The van der Waals surface area contributed by atoms with Crippen LogP contribution in [-0.4, -0.2) is 16.0 Å². The minimum absolute atomic E-state index is 0.394. The summed E-state index contributed by atoms with van der Waals surface area (Å²) >= 11 is 0. The van der Waals surface area contributed by atoms with Crippen molar-refractivity contribution in [2.45, 2.75) is 25.3 Å². The van der Waals surface area contributed by atoms with Crippen LogP contribution in [0.2, 0.25) is 0 Å². The molecule has 4 heteroatoms. The van der Waals surface area contributed by atoms with E-state index < -0.39 is 5.82 Å². The Balaban J connectivity index is 1.98.